The molecule has 0 bridgehead atoms. The number of nitrogens with one attached hydrogen (secondary N) is 1. The summed E-state index contributed by atoms with van der Waals surface area (Å²) in [5.74, 6) is 0.269. The number of carbonyl (C=O) groups excluding carboxylic acids is 1. The Kier molecular flexibility index (Phi) is 6.87. The van der Waals surface area contributed by atoms with Crippen LogP contribution in [0.4, 0.5) is 5.69 Å². The summed E-state index contributed by atoms with van der Waals surface area (Å²) in [6.07, 6.45) is 1.92. The van der Waals surface area contributed by atoms with E-state index >= 15 is 0 Å². The average molecular weight is 368 g/mol. The number of thiocarbonyl (C=S) groups is 1. The van der Waals surface area contributed by atoms with Crippen LogP contribution >= 0.6 is 23.8 Å². The third kappa shape index (κ3) is 4.39. The molecule has 1 aliphatic heterocycles. The molecule has 4 nitrogen and oxygen atoms in total. The first-order valence-corrected chi connectivity index (χ1v) is 9.36. The van der Waals surface area contributed by atoms with Gasteiger partial charge in [0.25, 0.3) is 0 Å². The molecule has 0 radical (unpaired) electrons. The molecule has 6 heteroatoms. The maximum absolute atomic E-state index is 12.6. The summed E-state index contributed by atoms with van der Waals surface area (Å²) < 4.78 is 0. The summed E-state index contributed by atoms with van der Waals surface area (Å²) in [5.41, 5.74) is 1.90. The van der Waals surface area contributed by atoms with Crippen molar-refractivity contribution in [2.45, 2.75) is 33.6 Å². The topological polar surface area (TPSA) is 35.6 Å². The van der Waals surface area contributed by atoms with Crippen LogP contribution in [0.1, 0.15) is 32.3 Å². The van der Waals surface area contributed by atoms with Gasteiger partial charge in [0.15, 0.2) is 5.11 Å². The summed E-state index contributed by atoms with van der Waals surface area (Å²) in [6, 6.07) is 5.74. The number of likely N-dealkylation sites (tertiary alicyclic amines) is 1. The summed E-state index contributed by atoms with van der Waals surface area (Å²) in [7, 11) is 0. The van der Waals surface area contributed by atoms with Crippen molar-refractivity contribution in [3.05, 3.63) is 28.8 Å². The number of amides is 1. The standard InChI is InChI=1S/C18H26ClN3OS/c1-4-21(5-2)17(23)14-8-7-11-22(12-14)18(24)20-16-10-6-9-15(19)13(16)3/h6,9-10,14H,4-5,7-8,11-12H2,1-3H3,(H,20,24). The third-order valence-electron chi connectivity index (χ3n) is 4.64. The largest absolute Gasteiger partial charge is 0.348 e. The molecular formula is C18H26ClN3OS. The van der Waals surface area contributed by atoms with Crippen molar-refractivity contribution in [3.63, 3.8) is 0 Å². The highest BCUT2D eigenvalue weighted by atomic mass is 35.5. The Labute approximate surface area is 155 Å². The Morgan fingerprint density at radius 1 is 1.42 bits per heavy atom. The lowest BCUT2D eigenvalue weighted by molar-refractivity contribution is -0.136. The van der Waals surface area contributed by atoms with Gasteiger partial charge in [-0.05, 0) is 63.5 Å². The maximum atomic E-state index is 12.6. The van der Waals surface area contributed by atoms with Gasteiger partial charge < -0.3 is 15.1 Å². The SMILES string of the molecule is CCN(CC)C(=O)C1CCCN(C(=S)Nc2cccc(Cl)c2C)C1. The van der Waals surface area contributed by atoms with Crippen LogP contribution in [-0.2, 0) is 4.79 Å². The first-order chi connectivity index (χ1) is 11.5. The number of carbonyl (C=O) groups is 1. The Morgan fingerprint density at radius 2 is 2.12 bits per heavy atom. The van der Waals surface area contributed by atoms with Gasteiger partial charge >= 0.3 is 0 Å². The van der Waals surface area contributed by atoms with Crippen molar-refractivity contribution in [2.24, 2.45) is 5.92 Å². The van der Waals surface area contributed by atoms with Gasteiger partial charge in [0.05, 0.1) is 5.92 Å². The van der Waals surface area contributed by atoms with Gasteiger partial charge in [0, 0.05) is 36.9 Å². The molecule has 0 aromatic heterocycles. The van der Waals surface area contributed by atoms with Crippen LogP contribution in [0, 0.1) is 12.8 Å². The minimum atomic E-state index is 0.0267. The van der Waals surface area contributed by atoms with E-state index in [0.29, 0.717) is 11.7 Å². The van der Waals surface area contributed by atoms with Crippen LogP contribution in [0.2, 0.25) is 5.02 Å². The fraction of sp³-hybridized carbons (Fsp3) is 0.556. The van der Waals surface area contributed by atoms with E-state index in [4.69, 9.17) is 23.8 Å². The highest BCUT2D eigenvalue weighted by Gasteiger charge is 2.29. The molecule has 1 aromatic carbocycles. The maximum Gasteiger partial charge on any atom is 0.227 e. The lowest BCUT2D eigenvalue weighted by Crippen LogP contribution is -2.47. The number of piperidine rings is 1. The first kappa shape index (κ1) is 19.0. The van der Waals surface area contributed by atoms with Gasteiger partial charge in [0.1, 0.15) is 0 Å². The second kappa shape index (κ2) is 8.67. The molecule has 1 fully saturated rings. The van der Waals surface area contributed by atoms with E-state index in [9.17, 15) is 4.79 Å². The Morgan fingerprint density at radius 3 is 2.79 bits per heavy atom. The van der Waals surface area contributed by atoms with Crippen LogP contribution < -0.4 is 5.32 Å². The fourth-order valence-electron chi connectivity index (χ4n) is 3.09. The molecule has 1 amide bonds. The molecule has 1 saturated heterocycles. The lowest BCUT2D eigenvalue weighted by atomic mass is 9.96. The number of anilines is 1. The van der Waals surface area contributed by atoms with Crippen molar-refractivity contribution in [1.82, 2.24) is 9.80 Å². The van der Waals surface area contributed by atoms with Crippen molar-refractivity contribution in [3.8, 4) is 0 Å². The smallest absolute Gasteiger partial charge is 0.227 e. The Balaban J connectivity index is 2.02. The van der Waals surface area contributed by atoms with Crippen molar-refractivity contribution >= 4 is 40.5 Å². The molecule has 1 aromatic rings. The molecule has 1 unspecified atom stereocenters. The van der Waals surface area contributed by atoms with Gasteiger partial charge in [-0.3, -0.25) is 4.79 Å². The fourth-order valence-corrected chi connectivity index (χ4v) is 3.54. The highest BCUT2D eigenvalue weighted by molar-refractivity contribution is 7.80. The van der Waals surface area contributed by atoms with Gasteiger partial charge in [-0.1, -0.05) is 17.7 Å². The van der Waals surface area contributed by atoms with Crippen LogP contribution in [0.5, 0.6) is 0 Å². The quantitative estimate of drug-likeness (QED) is 0.818. The number of nitrogens with zero attached hydrogens (tertiary/aromatic N) is 2. The van der Waals surface area contributed by atoms with E-state index in [1.807, 2.05) is 43.9 Å². The second-order valence-electron chi connectivity index (χ2n) is 6.14. The normalized spacial score (nSPS) is 17.5. The molecule has 1 heterocycles. The molecule has 0 spiro atoms. The van der Waals surface area contributed by atoms with E-state index in [-0.39, 0.29) is 11.8 Å². The number of hydrogen-bond donors (Lipinski definition) is 1. The van der Waals surface area contributed by atoms with Crippen molar-refractivity contribution < 1.29 is 4.79 Å². The van der Waals surface area contributed by atoms with Crippen LogP contribution in [0.3, 0.4) is 0 Å². The molecule has 2 rings (SSSR count). The number of rotatable bonds is 4. The number of benzene rings is 1. The van der Waals surface area contributed by atoms with Crippen LogP contribution in [0.15, 0.2) is 18.2 Å². The predicted octanol–water partition coefficient (Wildman–Crippen LogP) is 3.93. The highest BCUT2D eigenvalue weighted by Crippen LogP contribution is 2.24. The molecule has 1 aliphatic rings. The summed E-state index contributed by atoms with van der Waals surface area (Å²) in [4.78, 5) is 16.6. The zero-order valence-electron chi connectivity index (χ0n) is 14.6. The van der Waals surface area contributed by atoms with E-state index in [2.05, 4.69) is 10.2 Å². The molecule has 24 heavy (non-hydrogen) atoms. The van der Waals surface area contributed by atoms with E-state index < -0.39 is 0 Å². The zero-order chi connectivity index (χ0) is 17.7. The predicted molar refractivity (Wildman–Crippen MR) is 105 cm³/mol. The molecule has 132 valence electrons. The average Bonchev–Trinajstić information content (AvgIpc) is 2.60. The van der Waals surface area contributed by atoms with Gasteiger partial charge in [-0.25, -0.2) is 0 Å². The second-order valence-corrected chi connectivity index (χ2v) is 6.93. The number of hydrogen-bond acceptors (Lipinski definition) is 2. The van der Waals surface area contributed by atoms with Gasteiger partial charge in [0.2, 0.25) is 5.91 Å². The van der Waals surface area contributed by atoms with Crippen LogP contribution in [-0.4, -0.2) is 47.0 Å². The zero-order valence-corrected chi connectivity index (χ0v) is 16.2. The summed E-state index contributed by atoms with van der Waals surface area (Å²) in [6.45, 7) is 9.10. The van der Waals surface area contributed by atoms with E-state index in [0.717, 1.165) is 48.7 Å². The van der Waals surface area contributed by atoms with Gasteiger partial charge in [-0.2, -0.15) is 0 Å². The minimum absolute atomic E-state index is 0.0267. The molecule has 0 aliphatic carbocycles. The van der Waals surface area contributed by atoms with E-state index in [1.54, 1.807) is 0 Å². The molecule has 1 N–H and O–H groups in total. The molecular weight excluding hydrogens is 342 g/mol. The lowest BCUT2D eigenvalue weighted by Gasteiger charge is -2.36. The summed E-state index contributed by atoms with van der Waals surface area (Å²) >= 11 is 11.7. The van der Waals surface area contributed by atoms with Gasteiger partial charge in [-0.15, -0.1) is 0 Å². The van der Waals surface area contributed by atoms with Crippen LogP contribution in [0.25, 0.3) is 0 Å². The number of halogens is 1. The Bertz CT molecular complexity index is 604. The monoisotopic (exact) mass is 367 g/mol. The minimum Gasteiger partial charge on any atom is -0.348 e. The Hall–Kier alpha value is -1.33. The molecule has 1 atom stereocenters. The summed E-state index contributed by atoms with van der Waals surface area (Å²) in [5, 5.41) is 4.67. The first-order valence-electron chi connectivity index (χ1n) is 8.57. The molecule has 0 saturated carbocycles. The van der Waals surface area contributed by atoms with Crippen molar-refractivity contribution in [2.75, 3.05) is 31.5 Å². The van der Waals surface area contributed by atoms with E-state index in [1.165, 1.54) is 0 Å². The van der Waals surface area contributed by atoms with Crippen molar-refractivity contribution in [1.29, 1.82) is 0 Å². The third-order valence-corrected chi connectivity index (χ3v) is 5.41.